The van der Waals surface area contributed by atoms with Crippen LogP contribution >= 0.6 is 15.9 Å². The SMILES string of the molecule is C[C@H]1CN(Cc2cc3c(cc2Br)OCO3)C[C@H](C)O1. The highest BCUT2D eigenvalue weighted by Gasteiger charge is 2.24. The number of ether oxygens (including phenoxy) is 3. The van der Waals surface area contributed by atoms with Gasteiger partial charge in [-0.05, 0) is 31.5 Å². The molecule has 2 aliphatic heterocycles. The van der Waals surface area contributed by atoms with Gasteiger partial charge >= 0.3 is 0 Å². The molecule has 0 unspecified atom stereocenters. The van der Waals surface area contributed by atoms with E-state index in [-0.39, 0.29) is 12.2 Å². The highest BCUT2D eigenvalue weighted by molar-refractivity contribution is 9.10. The van der Waals surface area contributed by atoms with Crippen LogP contribution in [-0.2, 0) is 11.3 Å². The molecule has 2 heterocycles. The first-order valence-electron chi connectivity index (χ1n) is 6.57. The summed E-state index contributed by atoms with van der Waals surface area (Å²) in [6, 6.07) is 4.06. The molecule has 0 radical (unpaired) electrons. The summed E-state index contributed by atoms with van der Waals surface area (Å²) >= 11 is 3.61. The van der Waals surface area contributed by atoms with Gasteiger partial charge in [0.25, 0.3) is 0 Å². The average Bonchev–Trinajstić information content (AvgIpc) is 2.75. The van der Waals surface area contributed by atoms with Crippen LogP contribution in [0.15, 0.2) is 16.6 Å². The Labute approximate surface area is 121 Å². The molecule has 0 aliphatic carbocycles. The molecular weight excluding hydrogens is 310 g/mol. The van der Waals surface area contributed by atoms with E-state index in [4.69, 9.17) is 14.2 Å². The van der Waals surface area contributed by atoms with Gasteiger partial charge in [0.2, 0.25) is 6.79 Å². The number of fused-ring (bicyclic) bond motifs is 1. The van der Waals surface area contributed by atoms with Gasteiger partial charge in [0, 0.05) is 24.1 Å². The van der Waals surface area contributed by atoms with E-state index in [9.17, 15) is 0 Å². The Bertz CT molecular complexity index is 470. The second kappa shape index (κ2) is 5.31. The van der Waals surface area contributed by atoms with Gasteiger partial charge in [-0.15, -0.1) is 0 Å². The molecule has 1 saturated heterocycles. The van der Waals surface area contributed by atoms with Gasteiger partial charge in [0.15, 0.2) is 11.5 Å². The minimum atomic E-state index is 0.288. The minimum Gasteiger partial charge on any atom is -0.454 e. The Morgan fingerprint density at radius 3 is 2.47 bits per heavy atom. The number of hydrogen-bond acceptors (Lipinski definition) is 4. The van der Waals surface area contributed by atoms with E-state index in [0.29, 0.717) is 6.79 Å². The van der Waals surface area contributed by atoms with E-state index in [1.807, 2.05) is 6.07 Å². The number of hydrogen-bond donors (Lipinski definition) is 0. The molecule has 4 nitrogen and oxygen atoms in total. The third kappa shape index (κ3) is 2.88. The van der Waals surface area contributed by atoms with Crippen LogP contribution in [-0.4, -0.2) is 37.0 Å². The lowest BCUT2D eigenvalue weighted by atomic mass is 10.1. The predicted octanol–water partition coefficient (Wildman–Crippen LogP) is 2.79. The maximum atomic E-state index is 5.76. The van der Waals surface area contributed by atoms with Crippen LogP contribution in [0.25, 0.3) is 0 Å². The Kier molecular flexibility index (Phi) is 3.69. The zero-order valence-electron chi connectivity index (χ0n) is 11.2. The fraction of sp³-hybridized carbons (Fsp3) is 0.571. The molecule has 3 rings (SSSR count). The summed E-state index contributed by atoms with van der Waals surface area (Å²) in [5, 5.41) is 0. The average molecular weight is 328 g/mol. The molecule has 2 aliphatic rings. The summed E-state index contributed by atoms with van der Waals surface area (Å²) < 4.78 is 17.6. The molecule has 0 N–H and O–H groups in total. The number of morpholine rings is 1. The Morgan fingerprint density at radius 1 is 1.16 bits per heavy atom. The predicted molar refractivity (Wildman–Crippen MR) is 75.6 cm³/mol. The molecule has 0 bridgehead atoms. The number of nitrogens with zero attached hydrogens (tertiary/aromatic N) is 1. The van der Waals surface area contributed by atoms with Crippen LogP contribution in [0.4, 0.5) is 0 Å². The van der Waals surface area contributed by atoms with Gasteiger partial charge in [0.05, 0.1) is 12.2 Å². The zero-order valence-corrected chi connectivity index (χ0v) is 12.8. The van der Waals surface area contributed by atoms with Gasteiger partial charge in [0.1, 0.15) is 0 Å². The van der Waals surface area contributed by atoms with E-state index < -0.39 is 0 Å². The molecule has 19 heavy (non-hydrogen) atoms. The lowest BCUT2D eigenvalue weighted by Gasteiger charge is -2.35. The summed E-state index contributed by atoms with van der Waals surface area (Å²) in [5.41, 5.74) is 1.23. The Morgan fingerprint density at radius 2 is 1.79 bits per heavy atom. The number of rotatable bonds is 2. The molecular formula is C14H18BrNO3. The Hall–Kier alpha value is -0.780. The Balaban J connectivity index is 1.76. The summed E-state index contributed by atoms with van der Waals surface area (Å²) in [4.78, 5) is 2.42. The van der Waals surface area contributed by atoms with Crippen molar-refractivity contribution in [3.63, 3.8) is 0 Å². The second-order valence-corrected chi connectivity index (χ2v) is 6.10. The molecule has 1 fully saturated rings. The van der Waals surface area contributed by atoms with Crippen molar-refractivity contribution in [2.24, 2.45) is 0 Å². The van der Waals surface area contributed by atoms with Crippen LogP contribution in [0.3, 0.4) is 0 Å². The van der Waals surface area contributed by atoms with Crippen molar-refractivity contribution in [1.29, 1.82) is 0 Å². The van der Waals surface area contributed by atoms with Gasteiger partial charge in [-0.2, -0.15) is 0 Å². The number of halogens is 1. The van der Waals surface area contributed by atoms with Gasteiger partial charge in [-0.3, -0.25) is 4.90 Å². The van der Waals surface area contributed by atoms with Crippen molar-refractivity contribution in [2.45, 2.75) is 32.6 Å². The van der Waals surface area contributed by atoms with E-state index >= 15 is 0 Å². The first-order chi connectivity index (χ1) is 9.11. The third-order valence-corrected chi connectivity index (χ3v) is 4.17. The molecule has 2 atom stereocenters. The van der Waals surface area contributed by atoms with E-state index in [0.717, 1.165) is 35.6 Å². The maximum Gasteiger partial charge on any atom is 0.231 e. The smallest absolute Gasteiger partial charge is 0.231 e. The lowest BCUT2D eigenvalue weighted by Crippen LogP contribution is -2.44. The van der Waals surface area contributed by atoms with Gasteiger partial charge in [-0.1, -0.05) is 15.9 Å². The first-order valence-corrected chi connectivity index (χ1v) is 7.37. The molecule has 1 aromatic rings. The molecule has 0 aromatic heterocycles. The monoisotopic (exact) mass is 327 g/mol. The standard InChI is InChI=1S/C14H18BrNO3/c1-9-5-16(6-10(2)19-9)7-11-3-13-14(4-12(11)15)18-8-17-13/h3-4,9-10H,5-8H2,1-2H3/t9-,10-/m0/s1. The molecule has 0 amide bonds. The van der Waals surface area contributed by atoms with Crippen LogP contribution in [0.5, 0.6) is 11.5 Å². The topological polar surface area (TPSA) is 30.9 Å². The van der Waals surface area contributed by atoms with Crippen molar-refractivity contribution in [3.8, 4) is 11.5 Å². The largest absolute Gasteiger partial charge is 0.454 e. The van der Waals surface area contributed by atoms with Gasteiger partial charge in [-0.25, -0.2) is 0 Å². The van der Waals surface area contributed by atoms with Crippen molar-refractivity contribution in [2.75, 3.05) is 19.9 Å². The highest BCUT2D eigenvalue weighted by atomic mass is 79.9. The summed E-state index contributed by atoms with van der Waals surface area (Å²) in [6.07, 6.45) is 0.577. The fourth-order valence-electron chi connectivity index (χ4n) is 2.73. The molecule has 1 aromatic carbocycles. The number of benzene rings is 1. The molecule has 104 valence electrons. The summed E-state index contributed by atoms with van der Waals surface area (Å²) in [6.45, 7) is 7.39. The van der Waals surface area contributed by atoms with Crippen LogP contribution in [0, 0.1) is 0 Å². The quantitative estimate of drug-likeness (QED) is 0.835. The zero-order chi connectivity index (χ0) is 13.4. The highest BCUT2D eigenvalue weighted by Crippen LogP contribution is 2.37. The van der Waals surface area contributed by atoms with E-state index in [1.54, 1.807) is 0 Å². The van der Waals surface area contributed by atoms with E-state index in [1.165, 1.54) is 5.56 Å². The molecule has 5 heteroatoms. The maximum absolute atomic E-state index is 5.76. The molecule has 0 saturated carbocycles. The van der Waals surface area contributed by atoms with Gasteiger partial charge < -0.3 is 14.2 Å². The van der Waals surface area contributed by atoms with Crippen molar-refractivity contribution >= 4 is 15.9 Å². The summed E-state index contributed by atoms with van der Waals surface area (Å²) in [7, 11) is 0. The van der Waals surface area contributed by atoms with Crippen LogP contribution in [0.1, 0.15) is 19.4 Å². The molecule has 0 spiro atoms. The van der Waals surface area contributed by atoms with Crippen LogP contribution in [0.2, 0.25) is 0 Å². The minimum absolute atomic E-state index is 0.288. The lowest BCUT2D eigenvalue weighted by molar-refractivity contribution is -0.0705. The van der Waals surface area contributed by atoms with Crippen LogP contribution < -0.4 is 9.47 Å². The normalized spacial score (nSPS) is 26.7. The first kappa shape index (κ1) is 13.2. The second-order valence-electron chi connectivity index (χ2n) is 5.25. The van der Waals surface area contributed by atoms with Crippen molar-refractivity contribution < 1.29 is 14.2 Å². The fourth-order valence-corrected chi connectivity index (χ4v) is 3.18. The van der Waals surface area contributed by atoms with Crippen molar-refractivity contribution in [3.05, 3.63) is 22.2 Å². The van der Waals surface area contributed by atoms with Crippen molar-refractivity contribution in [1.82, 2.24) is 4.90 Å². The van der Waals surface area contributed by atoms with E-state index in [2.05, 4.69) is 40.7 Å². The third-order valence-electron chi connectivity index (χ3n) is 3.43. The summed E-state index contributed by atoms with van der Waals surface area (Å²) in [5.74, 6) is 1.66.